The Bertz CT molecular complexity index is 601. The zero-order valence-corrected chi connectivity index (χ0v) is 9.01. The first-order valence-corrected chi connectivity index (χ1v) is 4.95. The van der Waals surface area contributed by atoms with Crippen molar-refractivity contribution in [3.63, 3.8) is 0 Å². The Balaban J connectivity index is 2.79. The lowest BCUT2D eigenvalue weighted by atomic mass is 10.0. The predicted molar refractivity (Wildman–Crippen MR) is 60.0 cm³/mol. The van der Waals surface area contributed by atoms with E-state index < -0.39 is 17.7 Å². The number of nitrogens with two attached hydrogens (primary N) is 1. The Hall–Kier alpha value is -2.24. The van der Waals surface area contributed by atoms with Gasteiger partial charge in [-0.1, -0.05) is 12.1 Å². The van der Waals surface area contributed by atoms with Crippen LogP contribution in [0.25, 0.3) is 10.9 Å². The number of para-hydroxylation sites is 1. The minimum absolute atomic E-state index is 0.0445. The monoisotopic (exact) mass is 235 g/mol. The summed E-state index contributed by atoms with van der Waals surface area (Å²) in [5, 5.41) is 9.33. The number of nitrogens with zero attached hydrogens (tertiary/aromatic N) is 2. The third kappa shape index (κ3) is 1.89. The van der Waals surface area contributed by atoms with Crippen LogP contribution in [-0.2, 0) is 4.79 Å². The van der Waals surface area contributed by atoms with Crippen molar-refractivity contribution in [1.29, 1.82) is 0 Å². The normalized spacial score (nSPS) is 12.6. The fourth-order valence-corrected chi connectivity index (χ4v) is 1.61. The van der Waals surface area contributed by atoms with Gasteiger partial charge in [-0.2, -0.15) is 0 Å². The third-order valence-electron chi connectivity index (χ3n) is 2.50. The maximum atomic E-state index is 13.5. The Labute approximate surface area is 96.1 Å². The number of carbonyl (C=O) groups is 1. The maximum Gasteiger partial charge on any atom is 0.312 e. The van der Waals surface area contributed by atoms with Crippen LogP contribution in [0.1, 0.15) is 18.5 Å². The van der Waals surface area contributed by atoms with Crippen LogP contribution in [0, 0.1) is 5.82 Å². The van der Waals surface area contributed by atoms with Gasteiger partial charge in [0.05, 0.1) is 11.6 Å². The summed E-state index contributed by atoms with van der Waals surface area (Å²) in [6.45, 7) is 1.47. The van der Waals surface area contributed by atoms with E-state index in [1.807, 2.05) is 0 Å². The molecule has 2 rings (SSSR count). The molecule has 2 aromatic rings. The minimum Gasteiger partial charge on any atom is -0.481 e. The van der Waals surface area contributed by atoms with E-state index >= 15 is 0 Å². The second-order valence-electron chi connectivity index (χ2n) is 3.66. The number of aromatic nitrogens is 2. The fraction of sp³-hybridized carbons (Fsp3) is 0.182. The molecule has 1 heterocycles. The average Bonchev–Trinajstić information content (AvgIpc) is 2.28. The molecule has 0 aliphatic carbocycles. The molecule has 0 spiro atoms. The Morgan fingerprint density at radius 2 is 2.18 bits per heavy atom. The molecule has 3 N–H and O–H groups in total. The standard InChI is InChI=1S/C11H10FN3O2/c1-5(10(16)17)8-6-3-2-4-7(12)9(6)15-11(13)14-8/h2-5H,1H3,(H,16,17)(H2,13,14,15). The lowest BCUT2D eigenvalue weighted by Gasteiger charge is -2.10. The fourth-order valence-electron chi connectivity index (χ4n) is 1.61. The summed E-state index contributed by atoms with van der Waals surface area (Å²) in [4.78, 5) is 18.6. The van der Waals surface area contributed by atoms with Crippen molar-refractivity contribution in [2.45, 2.75) is 12.8 Å². The first-order chi connectivity index (χ1) is 8.00. The molecule has 1 aromatic carbocycles. The second kappa shape index (κ2) is 3.97. The van der Waals surface area contributed by atoms with Gasteiger partial charge in [-0.15, -0.1) is 0 Å². The molecule has 0 fully saturated rings. The summed E-state index contributed by atoms with van der Waals surface area (Å²) in [5.41, 5.74) is 5.72. The summed E-state index contributed by atoms with van der Waals surface area (Å²) >= 11 is 0. The molecule has 1 atom stereocenters. The van der Waals surface area contributed by atoms with Gasteiger partial charge in [0, 0.05) is 5.39 Å². The van der Waals surface area contributed by atoms with E-state index in [9.17, 15) is 9.18 Å². The molecular weight excluding hydrogens is 225 g/mol. The first-order valence-electron chi connectivity index (χ1n) is 4.95. The van der Waals surface area contributed by atoms with E-state index in [1.165, 1.54) is 19.1 Å². The van der Waals surface area contributed by atoms with Gasteiger partial charge in [0.2, 0.25) is 5.95 Å². The van der Waals surface area contributed by atoms with Crippen LogP contribution in [0.5, 0.6) is 0 Å². The number of aliphatic carboxylic acids is 1. The number of hydrogen-bond donors (Lipinski definition) is 2. The predicted octanol–water partition coefficient (Wildman–Crippen LogP) is 1.54. The number of fused-ring (bicyclic) bond motifs is 1. The maximum absolute atomic E-state index is 13.5. The van der Waals surface area contributed by atoms with Gasteiger partial charge in [0.15, 0.2) is 0 Å². The molecule has 6 heteroatoms. The van der Waals surface area contributed by atoms with Crippen molar-refractivity contribution in [3.8, 4) is 0 Å². The van der Waals surface area contributed by atoms with E-state index in [-0.39, 0.29) is 17.2 Å². The van der Waals surface area contributed by atoms with Crippen LogP contribution >= 0.6 is 0 Å². The Morgan fingerprint density at radius 1 is 1.47 bits per heavy atom. The van der Waals surface area contributed by atoms with Gasteiger partial charge in [0.1, 0.15) is 11.3 Å². The largest absolute Gasteiger partial charge is 0.481 e. The molecule has 1 unspecified atom stereocenters. The lowest BCUT2D eigenvalue weighted by molar-refractivity contribution is -0.138. The van der Waals surface area contributed by atoms with Gasteiger partial charge in [-0.3, -0.25) is 4.79 Å². The smallest absolute Gasteiger partial charge is 0.312 e. The van der Waals surface area contributed by atoms with E-state index in [4.69, 9.17) is 10.8 Å². The average molecular weight is 235 g/mol. The van der Waals surface area contributed by atoms with Crippen molar-refractivity contribution in [1.82, 2.24) is 9.97 Å². The van der Waals surface area contributed by atoms with Crippen molar-refractivity contribution < 1.29 is 14.3 Å². The highest BCUT2D eigenvalue weighted by atomic mass is 19.1. The summed E-state index contributed by atoms with van der Waals surface area (Å²) in [7, 11) is 0. The topological polar surface area (TPSA) is 89.1 Å². The molecule has 0 aliphatic heterocycles. The SMILES string of the molecule is CC(C(=O)O)c1nc(N)nc2c(F)cccc12. The zero-order chi connectivity index (χ0) is 12.6. The highest BCUT2D eigenvalue weighted by Gasteiger charge is 2.20. The van der Waals surface area contributed by atoms with Crippen molar-refractivity contribution in [2.24, 2.45) is 0 Å². The number of carboxylic acids is 1. The molecule has 0 radical (unpaired) electrons. The Kier molecular flexibility index (Phi) is 2.63. The number of halogens is 1. The first kappa shape index (κ1) is 11.3. The van der Waals surface area contributed by atoms with Crippen molar-refractivity contribution in [3.05, 3.63) is 29.7 Å². The summed E-state index contributed by atoms with van der Waals surface area (Å²) in [6.07, 6.45) is 0. The van der Waals surface area contributed by atoms with Crippen LogP contribution < -0.4 is 5.73 Å². The number of nitrogen functional groups attached to an aromatic ring is 1. The molecule has 1 aromatic heterocycles. The zero-order valence-electron chi connectivity index (χ0n) is 9.01. The molecule has 0 saturated carbocycles. The molecule has 0 aliphatic rings. The van der Waals surface area contributed by atoms with Gasteiger partial charge in [-0.05, 0) is 13.0 Å². The van der Waals surface area contributed by atoms with Gasteiger partial charge >= 0.3 is 5.97 Å². The number of benzene rings is 1. The van der Waals surface area contributed by atoms with E-state index in [0.29, 0.717) is 5.39 Å². The third-order valence-corrected chi connectivity index (χ3v) is 2.50. The second-order valence-corrected chi connectivity index (χ2v) is 3.66. The molecular formula is C11H10FN3O2. The van der Waals surface area contributed by atoms with Crippen LogP contribution in [0.15, 0.2) is 18.2 Å². The number of anilines is 1. The number of carboxylic acid groups (broad SMARTS) is 1. The van der Waals surface area contributed by atoms with Crippen LogP contribution in [0.4, 0.5) is 10.3 Å². The molecule has 0 amide bonds. The minimum atomic E-state index is -1.05. The van der Waals surface area contributed by atoms with Crippen molar-refractivity contribution in [2.75, 3.05) is 5.73 Å². The highest BCUT2D eigenvalue weighted by molar-refractivity contribution is 5.87. The highest BCUT2D eigenvalue weighted by Crippen LogP contribution is 2.25. The Morgan fingerprint density at radius 3 is 2.82 bits per heavy atom. The molecule has 0 saturated heterocycles. The number of hydrogen-bond acceptors (Lipinski definition) is 4. The summed E-state index contributed by atoms with van der Waals surface area (Å²) in [6, 6.07) is 4.30. The van der Waals surface area contributed by atoms with Gasteiger partial charge in [0.25, 0.3) is 0 Å². The van der Waals surface area contributed by atoms with Crippen LogP contribution in [0.2, 0.25) is 0 Å². The lowest BCUT2D eigenvalue weighted by Crippen LogP contribution is -2.12. The van der Waals surface area contributed by atoms with E-state index in [0.717, 1.165) is 0 Å². The van der Waals surface area contributed by atoms with Crippen molar-refractivity contribution >= 4 is 22.8 Å². The molecule has 5 nitrogen and oxygen atoms in total. The van der Waals surface area contributed by atoms with Crippen LogP contribution in [0.3, 0.4) is 0 Å². The quantitative estimate of drug-likeness (QED) is 0.824. The van der Waals surface area contributed by atoms with Gasteiger partial charge < -0.3 is 10.8 Å². The summed E-state index contributed by atoms with van der Waals surface area (Å²) < 4.78 is 13.5. The molecule has 17 heavy (non-hydrogen) atoms. The van der Waals surface area contributed by atoms with Crippen LogP contribution in [-0.4, -0.2) is 21.0 Å². The van der Waals surface area contributed by atoms with E-state index in [2.05, 4.69) is 9.97 Å². The van der Waals surface area contributed by atoms with Gasteiger partial charge in [-0.25, -0.2) is 14.4 Å². The van der Waals surface area contributed by atoms with E-state index in [1.54, 1.807) is 6.07 Å². The molecule has 0 bridgehead atoms. The number of rotatable bonds is 2. The summed E-state index contributed by atoms with van der Waals surface area (Å²) in [5.74, 6) is -2.60. The molecule has 88 valence electrons.